The molecule has 134 valence electrons. The molecule has 1 atom stereocenters. The smallest absolute Gasteiger partial charge is 0.330 e. The molecule has 1 unspecified atom stereocenters. The SMILES string of the molecule is C=C(C)C(=O)O.CC(=O)OCCC(O)OC(C)=O.CC(=O)O[SiH3]. The predicted octanol–water partition coefficient (Wildman–Crippen LogP) is -0.702. The fraction of sp³-hybridized carbons (Fsp3) is 0.538. The molecular weight excluding hydrogens is 328 g/mol. The van der Waals surface area contributed by atoms with E-state index < -0.39 is 24.2 Å². The van der Waals surface area contributed by atoms with Gasteiger partial charge in [-0.15, -0.1) is 0 Å². The zero-order chi connectivity index (χ0) is 19.0. The van der Waals surface area contributed by atoms with Gasteiger partial charge in [0.15, 0.2) is 0 Å². The number of hydrogen-bond donors (Lipinski definition) is 2. The van der Waals surface area contributed by atoms with Crippen LogP contribution in [-0.4, -0.2) is 57.5 Å². The quantitative estimate of drug-likeness (QED) is 0.285. The second-order valence-electron chi connectivity index (χ2n) is 3.97. The maximum atomic E-state index is 10.3. The largest absolute Gasteiger partial charge is 0.529 e. The fourth-order valence-corrected chi connectivity index (χ4v) is 0.554. The van der Waals surface area contributed by atoms with Crippen LogP contribution in [-0.2, 0) is 33.1 Å². The highest BCUT2D eigenvalue weighted by atomic mass is 28.2. The third kappa shape index (κ3) is 32.9. The second kappa shape index (κ2) is 16.2. The molecule has 0 spiro atoms. The Kier molecular flexibility index (Phi) is 18.1. The first kappa shape index (κ1) is 25.7. The minimum Gasteiger partial charge on any atom is -0.529 e. The first-order chi connectivity index (χ1) is 10.4. The summed E-state index contributed by atoms with van der Waals surface area (Å²) in [5, 5.41) is 16.8. The Morgan fingerprint density at radius 3 is 1.65 bits per heavy atom. The number of hydrogen-bond acceptors (Lipinski definition) is 8. The van der Waals surface area contributed by atoms with Gasteiger partial charge in [0.1, 0.15) is 0 Å². The van der Waals surface area contributed by atoms with Crippen molar-refractivity contribution in [3.63, 3.8) is 0 Å². The molecule has 0 fully saturated rings. The predicted molar refractivity (Wildman–Crippen MR) is 83.2 cm³/mol. The highest BCUT2D eigenvalue weighted by Crippen LogP contribution is 1.95. The number of carboxylic acids is 1. The fourth-order valence-electron chi connectivity index (χ4n) is 0.554. The summed E-state index contributed by atoms with van der Waals surface area (Å²) in [4.78, 5) is 39.7. The molecule has 0 aliphatic heterocycles. The maximum absolute atomic E-state index is 10.3. The van der Waals surface area contributed by atoms with Crippen LogP contribution in [0.4, 0.5) is 0 Å². The molecule has 0 rings (SSSR count). The summed E-state index contributed by atoms with van der Waals surface area (Å²) in [6.45, 7) is 8.49. The molecule has 2 N–H and O–H groups in total. The van der Waals surface area contributed by atoms with Crippen molar-refractivity contribution in [2.24, 2.45) is 0 Å². The van der Waals surface area contributed by atoms with Crippen LogP contribution in [0.25, 0.3) is 0 Å². The van der Waals surface area contributed by atoms with Gasteiger partial charge in [-0.3, -0.25) is 14.4 Å². The highest BCUT2D eigenvalue weighted by molar-refractivity contribution is 6.04. The van der Waals surface area contributed by atoms with E-state index >= 15 is 0 Å². The lowest BCUT2D eigenvalue weighted by molar-refractivity contribution is -0.168. The molecular formula is C13H24O9Si. The summed E-state index contributed by atoms with van der Waals surface area (Å²) < 4.78 is 13.1. The lowest BCUT2D eigenvalue weighted by Crippen LogP contribution is -2.18. The van der Waals surface area contributed by atoms with Crippen molar-refractivity contribution in [1.29, 1.82) is 0 Å². The molecule has 0 aromatic carbocycles. The van der Waals surface area contributed by atoms with Crippen LogP contribution in [0.5, 0.6) is 0 Å². The highest BCUT2D eigenvalue weighted by Gasteiger charge is 2.07. The van der Waals surface area contributed by atoms with Gasteiger partial charge in [-0.2, -0.15) is 0 Å². The number of esters is 2. The van der Waals surface area contributed by atoms with Gasteiger partial charge in [0.2, 0.25) is 16.8 Å². The van der Waals surface area contributed by atoms with E-state index in [-0.39, 0.29) is 24.6 Å². The molecule has 0 aliphatic carbocycles. The molecule has 0 saturated carbocycles. The summed E-state index contributed by atoms with van der Waals surface area (Å²) in [5.41, 5.74) is 0.176. The number of carboxylic acid groups (broad SMARTS) is 1. The zero-order valence-electron chi connectivity index (χ0n) is 14.0. The van der Waals surface area contributed by atoms with Gasteiger partial charge in [0.25, 0.3) is 5.97 Å². The van der Waals surface area contributed by atoms with E-state index in [1.807, 2.05) is 0 Å². The van der Waals surface area contributed by atoms with Gasteiger partial charge >= 0.3 is 17.9 Å². The van der Waals surface area contributed by atoms with E-state index in [9.17, 15) is 19.2 Å². The summed E-state index contributed by atoms with van der Waals surface area (Å²) in [6.07, 6.45) is -1.10. The van der Waals surface area contributed by atoms with E-state index in [2.05, 4.69) is 20.5 Å². The number of rotatable bonds is 5. The Hall–Kier alpha value is -2.20. The van der Waals surface area contributed by atoms with Crippen molar-refractivity contribution in [2.45, 2.75) is 40.4 Å². The van der Waals surface area contributed by atoms with Crippen LogP contribution in [0, 0.1) is 0 Å². The molecule has 23 heavy (non-hydrogen) atoms. The number of carbonyl (C=O) groups excluding carboxylic acids is 3. The maximum Gasteiger partial charge on any atom is 0.330 e. The number of aliphatic hydroxyl groups is 1. The van der Waals surface area contributed by atoms with Crippen molar-refractivity contribution >= 4 is 34.4 Å². The van der Waals surface area contributed by atoms with Gasteiger partial charge in [0.05, 0.1) is 6.61 Å². The Morgan fingerprint density at radius 1 is 1.04 bits per heavy atom. The Labute approximate surface area is 137 Å². The van der Waals surface area contributed by atoms with Gasteiger partial charge in [-0.1, -0.05) is 6.58 Å². The zero-order valence-corrected chi connectivity index (χ0v) is 16.0. The van der Waals surface area contributed by atoms with Crippen molar-refractivity contribution in [1.82, 2.24) is 0 Å². The van der Waals surface area contributed by atoms with Crippen LogP contribution in [0.1, 0.15) is 34.1 Å². The van der Waals surface area contributed by atoms with Crippen LogP contribution in [0.15, 0.2) is 12.2 Å². The van der Waals surface area contributed by atoms with Gasteiger partial charge in [0, 0.05) is 32.8 Å². The van der Waals surface area contributed by atoms with Crippen molar-refractivity contribution in [2.75, 3.05) is 6.61 Å². The normalized spacial score (nSPS) is 9.78. The lowest BCUT2D eigenvalue weighted by atomic mass is 10.4. The Morgan fingerprint density at radius 2 is 1.43 bits per heavy atom. The van der Waals surface area contributed by atoms with Crippen LogP contribution >= 0.6 is 0 Å². The molecule has 0 aliphatic rings. The summed E-state index contributed by atoms with van der Waals surface area (Å²) in [5.74, 6) is -2.11. The van der Waals surface area contributed by atoms with Crippen molar-refractivity contribution in [3.8, 4) is 0 Å². The first-order valence-electron chi connectivity index (χ1n) is 6.36. The second-order valence-corrected chi connectivity index (χ2v) is 4.38. The third-order valence-corrected chi connectivity index (χ3v) is 2.20. The Balaban J connectivity index is -0.000000303. The van der Waals surface area contributed by atoms with E-state index in [0.717, 1.165) is 0 Å². The molecule has 0 aromatic heterocycles. The standard InChI is InChI=1S/C7H12O5.C4H6O2.C2H6O2Si/c1-5(8)11-4-3-7(10)12-6(2)9;1-3(2)4(5)6;1-2(3)4-5/h7,10H,3-4H2,1-2H3;1H2,2H3,(H,5,6);1,5H3. The molecule has 0 heterocycles. The number of aliphatic hydroxyl groups excluding tert-OH is 1. The molecule has 0 aromatic rings. The number of ether oxygens (including phenoxy) is 2. The number of carbonyl (C=O) groups is 4. The molecule has 0 amide bonds. The van der Waals surface area contributed by atoms with Crippen LogP contribution < -0.4 is 0 Å². The van der Waals surface area contributed by atoms with Crippen LogP contribution in [0.3, 0.4) is 0 Å². The van der Waals surface area contributed by atoms with E-state index in [4.69, 9.17) is 10.2 Å². The molecule has 0 bridgehead atoms. The van der Waals surface area contributed by atoms with Gasteiger partial charge < -0.3 is 24.1 Å². The van der Waals surface area contributed by atoms with Crippen LogP contribution in [0.2, 0.25) is 0 Å². The molecule has 10 heteroatoms. The molecule has 9 nitrogen and oxygen atoms in total. The monoisotopic (exact) mass is 352 g/mol. The Bertz CT molecular complexity index is 394. The first-order valence-corrected chi connectivity index (χ1v) is 7.17. The van der Waals surface area contributed by atoms with Crippen molar-refractivity contribution < 1.29 is 43.3 Å². The van der Waals surface area contributed by atoms with Crippen molar-refractivity contribution in [3.05, 3.63) is 12.2 Å². The van der Waals surface area contributed by atoms with Gasteiger partial charge in [-0.25, -0.2) is 4.79 Å². The lowest BCUT2D eigenvalue weighted by Gasteiger charge is -2.09. The van der Waals surface area contributed by atoms with E-state index in [1.54, 1.807) is 0 Å². The van der Waals surface area contributed by atoms with Gasteiger partial charge in [-0.05, 0) is 6.92 Å². The van der Waals surface area contributed by atoms with E-state index in [1.165, 1.54) is 27.7 Å². The number of aliphatic carboxylic acids is 1. The minimum atomic E-state index is -1.19. The summed E-state index contributed by atoms with van der Waals surface area (Å²) in [6, 6.07) is 0. The third-order valence-electron chi connectivity index (χ3n) is 1.62. The average molecular weight is 352 g/mol. The summed E-state index contributed by atoms with van der Waals surface area (Å²) >= 11 is 0. The minimum absolute atomic E-state index is 0.0454. The average Bonchev–Trinajstić information content (AvgIpc) is 2.38. The molecule has 0 saturated heterocycles. The topological polar surface area (TPSA) is 136 Å². The van der Waals surface area contributed by atoms with E-state index in [0.29, 0.717) is 10.5 Å². The molecule has 0 radical (unpaired) electrons. The summed E-state index contributed by atoms with van der Waals surface area (Å²) in [7, 11) is 0.524.